The van der Waals surface area contributed by atoms with E-state index >= 15 is 0 Å². The molecule has 1 atom stereocenters. The van der Waals surface area contributed by atoms with Crippen LogP contribution in [0.1, 0.15) is 19.4 Å². The van der Waals surface area contributed by atoms with Crippen molar-refractivity contribution in [2.45, 2.75) is 19.9 Å². The van der Waals surface area contributed by atoms with Crippen molar-refractivity contribution in [1.82, 2.24) is 5.32 Å². The molecule has 2 N–H and O–H groups in total. The molecule has 0 aromatic heterocycles. The predicted molar refractivity (Wildman–Crippen MR) is 76.4 cm³/mol. The zero-order chi connectivity index (χ0) is 15.1. The molecule has 0 bridgehead atoms. The third-order valence-electron chi connectivity index (χ3n) is 2.77. The van der Waals surface area contributed by atoms with Gasteiger partial charge in [-0.3, -0.25) is 4.79 Å². The third kappa shape index (κ3) is 4.76. The lowest BCUT2D eigenvalue weighted by Crippen LogP contribution is -2.43. The summed E-state index contributed by atoms with van der Waals surface area (Å²) in [6.07, 6.45) is 2.94. The first-order valence-corrected chi connectivity index (χ1v) is 6.29. The van der Waals surface area contributed by atoms with E-state index in [0.717, 1.165) is 11.3 Å². The number of nitrogens with one attached hydrogen (secondary N) is 1. The fourth-order valence-electron chi connectivity index (χ4n) is 1.60. The van der Waals surface area contributed by atoms with Crippen LogP contribution in [0.3, 0.4) is 0 Å². The highest BCUT2D eigenvalue weighted by Crippen LogP contribution is 2.12. The van der Waals surface area contributed by atoms with E-state index in [0.29, 0.717) is 0 Å². The lowest BCUT2D eigenvalue weighted by molar-refractivity contribution is -0.142. The topological polar surface area (TPSA) is 75.6 Å². The van der Waals surface area contributed by atoms with E-state index in [1.807, 2.05) is 0 Å². The van der Waals surface area contributed by atoms with Gasteiger partial charge in [0.15, 0.2) is 0 Å². The number of carboxylic acid groups (broad SMARTS) is 1. The number of methoxy groups -OCH3 is 1. The Morgan fingerprint density at radius 3 is 2.30 bits per heavy atom. The molecular formula is C15H19NO4. The van der Waals surface area contributed by atoms with Gasteiger partial charge in [0.05, 0.1) is 7.11 Å². The van der Waals surface area contributed by atoms with E-state index in [2.05, 4.69) is 5.32 Å². The van der Waals surface area contributed by atoms with Crippen LogP contribution in [0, 0.1) is 5.92 Å². The number of carbonyl (C=O) groups excluding carboxylic acids is 1. The smallest absolute Gasteiger partial charge is 0.326 e. The minimum absolute atomic E-state index is 0.175. The highest BCUT2D eigenvalue weighted by atomic mass is 16.5. The van der Waals surface area contributed by atoms with E-state index in [1.54, 1.807) is 51.3 Å². The van der Waals surface area contributed by atoms with Crippen molar-refractivity contribution in [3.8, 4) is 5.75 Å². The van der Waals surface area contributed by atoms with Gasteiger partial charge in [-0.05, 0) is 29.7 Å². The van der Waals surface area contributed by atoms with Crippen molar-refractivity contribution in [3.63, 3.8) is 0 Å². The molecule has 1 aromatic rings. The van der Waals surface area contributed by atoms with E-state index in [1.165, 1.54) is 6.08 Å². The number of aliphatic carboxylic acids is 1. The first kappa shape index (κ1) is 15.8. The number of carboxylic acids is 1. The maximum absolute atomic E-state index is 11.7. The summed E-state index contributed by atoms with van der Waals surface area (Å²) in [7, 11) is 1.58. The van der Waals surface area contributed by atoms with Crippen molar-refractivity contribution in [1.29, 1.82) is 0 Å². The first-order chi connectivity index (χ1) is 9.43. The second kappa shape index (κ2) is 7.33. The van der Waals surface area contributed by atoms with Gasteiger partial charge in [0.25, 0.3) is 0 Å². The monoisotopic (exact) mass is 277 g/mol. The molecule has 1 aromatic carbocycles. The molecule has 0 saturated heterocycles. The molecule has 1 rings (SSSR count). The van der Waals surface area contributed by atoms with Gasteiger partial charge in [-0.25, -0.2) is 4.79 Å². The fourth-order valence-corrected chi connectivity index (χ4v) is 1.60. The Morgan fingerprint density at radius 1 is 1.25 bits per heavy atom. The van der Waals surface area contributed by atoms with Crippen LogP contribution in [0.2, 0.25) is 0 Å². The van der Waals surface area contributed by atoms with Crippen molar-refractivity contribution < 1.29 is 19.4 Å². The molecule has 0 spiro atoms. The zero-order valence-corrected chi connectivity index (χ0v) is 11.8. The standard InChI is InChI=1S/C15H19NO4/c1-10(2)14(15(18)19)16-13(17)9-6-11-4-7-12(20-3)8-5-11/h4-10,14H,1-3H3,(H,16,17)(H,18,19). The lowest BCUT2D eigenvalue weighted by atomic mass is 10.0. The Bertz CT molecular complexity index is 491. The Balaban J connectivity index is 2.64. The van der Waals surface area contributed by atoms with Crippen molar-refractivity contribution in [3.05, 3.63) is 35.9 Å². The van der Waals surface area contributed by atoms with Crippen LogP contribution in [-0.2, 0) is 9.59 Å². The molecule has 0 aliphatic heterocycles. The molecule has 0 aliphatic rings. The number of hydrogen-bond acceptors (Lipinski definition) is 3. The number of benzene rings is 1. The molecule has 5 nitrogen and oxygen atoms in total. The van der Waals surface area contributed by atoms with Gasteiger partial charge in [0.2, 0.25) is 5.91 Å². The van der Waals surface area contributed by atoms with Crippen LogP contribution in [0.5, 0.6) is 5.75 Å². The molecule has 5 heteroatoms. The molecule has 20 heavy (non-hydrogen) atoms. The van der Waals surface area contributed by atoms with Gasteiger partial charge < -0.3 is 15.2 Å². The summed E-state index contributed by atoms with van der Waals surface area (Å²) in [6.45, 7) is 3.48. The summed E-state index contributed by atoms with van der Waals surface area (Å²) < 4.78 is 5.03. The second-order valence-corrected chi connectivity index (χ2v) is 4.68. The second-order valence-electron chi connectivity index (χ2n) is 4.68. The average Bonchev–Trinajstić information content (AvgIpc) is 2.42. The van der Waals surface area contributed by atoms with Crippen LogP contribution in [0.25, 0.3) is 6.08 Å². The van der Waals surface area contributed by atoms with Crippen molar-refractivity contribution in [2.75, 3.05) is 7.11 Å². The minimum atomic E-state index is -1.04. The maximum Gasteiger partial charge on any atom is 0.326 e. The number of hydrogen-bond donors (Lipinski definition) is 2. The Hall–Kier alpha value is -2.30. The minimum Gasteiger partial charge on any atom is -0.497 e. The normalized spacial score (nSPS) is 12.4. The van der Waals surface area contributed by atoms with E-state index in [-0.39, 0.29) is 5.92 Å². The zero-order valence-electron chi connectivity index (χ0n) is 11.8. The van der Waals surface area contributed by atoms with Crippen molar-refractivity contribution in [2.24, 2.45) is 5.92 Å². The maximum atomic E-state index is 11.7. The van der Waals surface area contributed by atoms with E-state index < -0.39 is 17.9 Å². The third-order valence-corrected chi connectivity index (χ3v) is 2.77. The lowest BCUT2D eigenvalue weighted by Gasteiger charge is -2.16. The molecule has 0 aliphatic carbocycles. The van der Waals surface area contributed by atoms with Crippen LogP contribution in [-0.4, -0.2) is 30.1 Å². The summed E-state index contributed by atoms with van der Waals surface area (Å²) in [5.74, 6) is -0.906. The van der Waals surface area contributed by atoms with Crippen LogP contribution >= 0.6 is 0 Å². The Morgan fingerprint density at radius 2 is 1.85 bits per heavy atom. The largest absolute Gasteiger partial charge is 0.497 e. The summed E-state index contributed by atoms with van der Waals surface area (Å²) >= 11 is 0. The van der Waals surface area contributed by atoms with Gasteiger partial charge in [-0.15, -0.1) is 0 Å². The van der Waals surface area contributed by atoms with Gasteiger partial charge >= 0.3 is 5.97 Å². The average molecular weight is 277 g/mol. The van der Waals surface area contributed by atoms with E-state index in [4.69, 9.17) is 9.84 Å². The van der Waals surface area contributed by atoms with Crippen LogP contribution in [0.15, 0.2) is 30.3 Å². The van der Waals surface area contributed by atoms with Gasteiger partial charge in [0.1, 0.15) is 11.8 Å². The number of rotatable bonds is 6. The molecule has 1 unspecified atom stereocenters. The van der Waals surface area contributed by atoms with Crippen LogP contribution < -0.4 is 10.1 Å². The summed E-state index contributed by atoms with van der Waals surface area (Å²) in [6, 6.07) is 6.29. The molecule has 0 saturated carbocycles. The summed E-state index contributed by atoms with van der Waals surface area (Å²) in [5.41, 5.74) is 0.831. The Kier molecular flexibility index (Phi) is 5.77. The van der Waals surface area contributed by atoms with Gasteiger partial charge in [-0.1, -0.05) is 26.0 Å². The SMILES string of the molecule is COc1ccc(C=CC(=O)NC(C(=O)O)C(C)C)cc1. The molecule has 0 fully saturated rings. The molecular weight excluding hydrogens is 258 g/mol. The van der Waals surface area contributed by atoms with Gasteiger partial charge in [-0.2, -0.15) is 0 Å². The van der Waals surface area contributed by atoms with E-state index in [9.17, 15) is 9.59 Å². The summed E-state index contributed by atoms with van der Waals surface area (Å²) in [4.78, 5) is 22.6. The molecule has 0 heterocycles. The summed E-state index contributed by atoms with van der Waals surface area (Å²) in [5, 5.41) is 11.4. The van der Waals surface area contributed by atoms with Crippen molar-refractivity contribution >= 4 is 18.0 Å². The first-order valence-electron chi connectivity index (χ1n) is 6.29. The number of ether oxygens (including phenoxy) is 1. The Labute approximate surface area is 118 Å². The number of amides is 1. The molecule has 1 amide bonds. The predicted octanol–water partition coefficient (Wildman–Crippen LogP) is 1.93. The fraction of sp³-hybridized carbons (Fsp3) is 0.333. The van der Waals surface area contributed by atoms with Crippen LogP contribution in [0.4, 0.5) is 0 Å². The quantitative estimate of drug-likeness (QED) is 0.779. The highest BCUT2D eigenvalue weighted by Gasteiger charge is 2.22. The highest BCUT2D eigenvalue weighted by molar-refractivity contribution is 5.94. The molecule has 108 valence electrons. The van der Waals surface area contributed by atoms with Gasteiger partial charge in [0, 0.05) is 6.08 Å². The number of carbonyl (C=O) groups is 2. The molecule has 0 radical (unpaired) electrons.